The van der Waals surface area contributed by atoms with Crippen molar-refractivity contribution >= 4 is 38.1 Å². The summed E-state index contributed by atoms with van der Waals surface area (Å²) in [5, 5.41) is 4.41. The molecule has 1 saturated heterocycles. The van der Waals surface area contributed by atoms with Gasteiger partial charge in [0, 0.05) is 25.4 Å². The van der Waals surface area contributed by atoms with Crippen molar-refractivity contribution in [2.75, 3.05) is 23.9 Å². The van der Waals surface area contributed by atoms with Crippen LogP contribution < -0.4 is 5.32 Å². The standard InChI is InChI=1S/C11H15N3O4S2/c1-7(15)12-11-13-9(5-19-11)10(16)14(2)8-3-4-20(17,18)6-8/h5,8H,3-4,6H2,1-2H3,(H,12,13,15). The lowest BCUT2D eigenvalue weighted by Crippen LogP contribution is -2.38. The maximum atomic E-state index is 12.2. The van der Waals surface area contributed by atoms with E-state index in [1.165, 1.54) is 11.8 Å². The van der Waals surface area contributed by atoms with Gasteiger partial charge >= 0.3 is 0 Å². The molecule has 9 heteroatoms. The monoisotopic (exact) mass is 317 g/mol. The minimum Gasteiger partial charge on any atom is -0.336 e. The average molecular weight is 317 g/mol. The molecule has 1 N–H and O–H groups in total. The summed E-state index contributed by atoms with van der Waals surface area (Å²) in [5.41, 5.74) is 0.213. The van der Waals surface area contributed by atoms with Crippen LogP contribution in [0.3, 0.4) is 0 Å². The Bertz CT molecular complexity index is 638. The van der Waals surface area contributed by atoms with Gasteiger partial charge in [-0.1, -0.05) is 0 Å². The van der Waals surface area contributed by atoms with Gasteiger partial charge in [-0.2, -0.15) is 0 Å². The van der Waals surface area contributed by atoms with Gasteiger partial charge in [0.05, 0.1) is 11.5 Å². The number of hydrogen-bond acceptors (Lipinski definition) is 6. The first kappa shape index (κ1) is 14.9. The van der Waals surface area contributed by atoms with Crippen molar-refractivity contribution in [1.82, 2.24) is 9.88 Å². The molecule has 1 unspecified atom stereocenters. The van der Waals surface area contributed by atoms with Crippen molar-refractivity contribution in [3.8, 4) is 0 Å². The molecule has 0 radical (unpaired) electrons. The van der Waals surface area contributed by atoms with Crippen molar-refractivity contribution in [2.45, 2.75) is 19.4 Å². The molecule has 1 aromatic heterocycles. The normalized spacial score (nSPS) is 20.6. The summed E-state index contributed by atoms with van der Waals surface area (Å²) in [6.07, 6.45) is 0.452. The second-order valence-electron chi connectivity index (χ2n) is 4.69. The molecule has 20 heavy (non-hydrogen) atoms. The number of nitrogens with one attached hydrogen (secondary N) is 1. The fourth-order valence-electron chi connectivity index (χ4n) is 2.01. The number of nitrogens with zero attached hydrogens (tertiary/aromatic N) is 2. The van der Waals surface area contributed by atoms with Crippen molar-refractivity contribution in [3.63, 3.8) is 0 Å². The molecule has 0 spiro atoms. The van der Waals surface area contributed by atoms with Crippen LogP contribution in [0, 0.1) is 0 Å². The summed E-state index contributed by atoms with van der Waals surface area (Å²) in [6, 6.07) is -0.307. The van der Waals surface area contributed by atoms with Gasteiger partial charge < -0.3 is 10.2 Å². The number of amides is 2. The zero-order valence-electron chi connectivity index (χ0n) is 11.1. The van der Waals surface area contributed by atoms with E-state index in [1.807, 2.05) is 0 Å². The Kier molecular flexibility index (Phi) is 4.09. The summed E-state index contributed by atoms with van der Waals surface area (Å²) in [5.74, 6) is -0.477. The third-order valence-corrected chi connectivity index (χ3v) is 5.59. The Morgan fingerprint density at radius 3 is 2.75 bits per heavy atom. The quantitative estimate of drug-likeness (QED) is 0.868. The van der Waals surface area contributed by atoms with Gasteiger partial charge in [-0.05, 0) is 6.42 Å². The first-order valence-electron chi connectivity index (χ1n) is 5.99. The van der Waals surface area contributed by atoms with E-state index < -0.39 is 9.84 Å². The van der Waals surface area contributed by atoms with Crippen LogP contribution >= 0.6 is 11.3 Å². The third-order valence-electron chi connectivity index (χ3n) is 3.08. The van der Waals surface area contributed by atoms with Gasteiger partial charge in [0.25, 0.3) is 5.91 Å². The van der Waals surface area contributed by atoms with Crippen LogP contribution in [-0.2, 0) is 14.6 Å². The molecule has 1 fully saturated rings. The summed E-state index contributed by atoms with van der Waals surface area (Å²) in [7, 11) is -1.46. The average Bonchev–Trinajstić information content (AvgIpc) is 2.93. The van der Waals surface area contributed by atoms with Crippen LogP contribution in [0.4, 0.5) is 5.13 Å². The largest absolute Gasteiger partial charge is 0.336 e. The summed E-state index contributed by atoms with van der Waals surface area (Å²) < 4.78 is 22.9. The zero-order valence-corrected chi connectivity index (χ0v) is 12.8. The Labute approximate surface area is 120 Å². The summed E-state index contributed by atoms with van der Waals surface area (Å²) in [4.78, 5) is 28.5. The minimum absolute atomic E-state index is 0.00205. The molecule has 2 rings (SSSR count). The van der Waals surface area contributed by atoms with Crippen molar-refractivity contribution < 1.29 is 18.0 Å². The molecular formula is C11H15N3O4S2. The van der Waals surface area contributed by atoms with Crippen molar-refractivity contribution in [3.05, 3.63) is 11.1 Å². The number of carbonyl (C=O) groups is 2. The number of aromatic nitrogens is 1. The lowest BCUT2D eigenvalue weighted by Gasteiger charge is -2.22. The van der Waals surface area contributed by atoms with Crippen LogP contribution in [0.5, 0.6) is 0 Å². The predicted molar refractivity (Wildman–Crippen MR) is 75.6 cm³/mol. The Hall–Kier alpha value is -1.48. The number of carbonyl (C=O) groups excluding carboxylic acids is 2. The third kappa shape index (κ3) is 3.34. The molecule has 1 atom stereocenters. The fourth-order valence-corrected chi connectivity index (χ4v) is 4.51. The Morgan fingerprint density at radius 2 is 2.20 bits per heavy atom. The van der Waals surface area contributed by atoms with Gasteiger partial charge in [0.1, 0.15) is 5.69 Å². The minimum atomic E-state index is -3.04. The predicted octanol–water partition coefficient (Wildman–Crippen LogP) is 0.361. The molecule has 0 saturated carbocycles. The zero-order chi connectivity index (χ0) is 14.9. The second kappa shape index (κ2) is 5.49. The van der Waals surface area contributed by atoms with Crippen LogP contribution in [0.2, 0.25) is 0 Å². The molecular weight excluding hydrogens is 302 g/mol. The molecule has 0 bridgehead atoms. The highest BCUT2D eigenvalue weighted by atomic mass is 32.2. The lowest BCUT2D eigenvalue weighted by molar-refractivity contribution is -0.114. The van der Waals surface area contributed by atoms with E-state index >= 15 is 0 Å². The molecule has 0 aromatic carbocycles. The fraction of sp³-hybridized carbons (Fsp3) is 0.545. The van der Waals surface area contributed by atoms with Crippen LogP contribution in [0.15, 0.2) is 5.38 Å². The van der Waals surface area contributed by atoms with Gasteiger partial charge in [-0.15, -0.1) is 11.3 Å². The molecule has 2 heterocycles. The van der Waals surface area contributed by atoms with E-state index in [4.69, 9.17) is 0 Å². The molecule has 1 aromatic rings. The number of rotatable bonds is 3. The molecule has 1 aliphatic rings. The topological polar surface area (TPSA) is 96.4 Å². The maximum Gasteiger partial charge on any atom is 0.273 e. The summed E-state index contributed by atoms with van der Waals surface area (Å²) in [6.45, 7) is 1.36. The molecule has 2 amide bonds. The van der Waals surface area contributed by atoms with E-state index in [9.17, 15) is 18.0 Å². The SMILES string of the molecule is CC(=O)Nc1nc(C(=O)N(C)C2CCS(=O)(=O)C2)cs1. The highest BCUT2D eigenvalue weighted by molar-refractivity contribution is 7.91. The van der Waals surface area contributed by atoms with Crippen molar-refractivity contribution in [2.24, 2.45) is 0 Å². The first-order chi connectivity index (χ1) is 9.28. The Balaban J connectivity index is 2.07. The Morgan fingerprint density at radius 1 is 1.50 bits per heavy atom. The van der Waals surface area contributed by atoms with E-state index in [0.717, 1.165) is 11.3 Å². The lowest BCUT2D eigenvalue weighted by atomic mass is 10.2. The van der Waals surface area contributed by atoms with E-state index in [2.05, 4.69) is 10.3 Å². The van der Waals surface area contributed by atoms with E-state index in [1.54, 1.807) is 12.4 Å². The maximum absolute atomic E-state index is 12.2. The van der Waals surface area contributed by atoms with Crippen LogP contribution in [0.25, 0.3) is 0 Å². The van der Waals surface area contributed by atoms with Gasteiger partial charge in [0.15, 0.2) is 15.0 Å². The van der Waals surface area contributed by atoms with Crippen LogP contribution in [-0.4, -0.2) is 54.7 Å². The molecule has 1 aliphatic heterocycles. The second-order valence-corrected chi connectivity index (χ2v) is 7.78. The van der Waals surface area contributed by atoms with E-state index in [-0.39, 0.29) is 35.1 Å². The molecule has 0 aliphatic carbocycles. The van der Waals surface area contributed by atoms with Gasteiger partial charge in [0.2, 0.25) is 5.91 Å². The summed E-state index contributed by atoms with van der Waals surface area (Å²) >= 11 is 1.16. The highest BCUT2D eigenvalue weighted by Crippen LogP contribution is 2.21. The number of anilines is 1. The van der Waals surface area contributed by atoms with Crippen molar-refractivity contribution in [1.29, 1.82) is 0 Å². The molecule has 7 nitrogen and oxygen atoms in total. The van der Waals surface area contributed by atoms with Crippen LogP contribution in [0.1, 0.15) is 23.8 Å². The van der Waals surface area contributed by atoms with Gasteiger partial charge in [-0.3, -0.25) is 9.59 Å². The molecule has 110 valence electrons. The number of sulfone groups is 1. The highest BCUT2D eigenvalue weighted by Gasteiger charge is 2.33. The van der Waals surface area contributed by atoms with E-state index in [0.29, 0.717) is 11.6 Å². The number of hydrogen-bond donors (Lipinski definition) is 1. The number of thiazole rings is 1. The first-order valence-corrected chi connectivity index (χ1v) is 8.69. The van der Waals surface area contributed by atoms with Gasteiger partial charge in [-0.25, -0.2) is 13.4 Å². The smallest absolute Gasteiger partial charge is 0.273 e.